The molecule has 0 aliphatic carbocycles. The highest BCUT2D eigenvalue weighted by Crippen LogP contribution is 2.38. The third kappa shape index (κ3) is 7.19. The Morgan fingerprint density at radius 1 is 0.875 bits per heavy atom. The quantitative estimate of drug-likeness (QED) is 0.344. The summed E-state index contributed by atoms with van der Waals surface area (Å²) < 4.78 is 17.6. The fraction of sp³-hybridized carbons (Fsp3) is 0.941. The van der Waals surface area contributed by atoms with Crippen LogP contribution in [0, 0.1) is 0 Å². The van der Waals surface area contributed by atoms with Gasteiger partial charge < -0.3 is 13.6 Å². The molecule has 0 rings (SSSR count). The van der Waals surface area contributed by atoms with Crippen molar-refractivity contribution in [1.29, 1.82) is 0 Å². The summed E-state index contributed by atoms with van der Waals surface area (Å²) in [5.41, 5.74) is 0. The number of carbonyl (C=O) groups excluding carboxylic acids is 1. The van der Waals surface area contributed by atoms with Gasteiger partial charge in [-0.1, -0.05) is 41.5 Å². The number of thiol groups is 1. The summed E-state index contributed by atoms with van der Waals surface area (Å²) in [5.74, 6) is 0. The molecule has 0 spiro atoms. The molecule has 0 fully saturated rings. The van der Waals surface area contributed by atoms with Crippen LogP contribution in [0.4, 0.5) is 0 Å². The molecule has 7 heteroatoms. The minimum Gasteiger partial charge on any atom is -0.461 e. The first-order chi connectivity index (χ1) is 10.5. The zero-order valence-electron chi connectivity index (χ0n) is 17.2. The molecule has 0 bridgehead atoms. The molecule has 4 nitrogen and oxygen atoms in total. The lowest BCUT2D eigenvalue weighted by Gasteiger charge is -2.39. The van der Waals surface area contributed by atoms with E-state index >= 15 is 0 Å². The number of hydrogen-bond donors (Lipinski definition) is 1. The number of rotatable bonds is 9. The van der Waals surface area contributed by atoms with Crippen molar-refractivity contribution in [1.82, 2.24) is 0 Å². The molecule has 0 aliphatic rings. The van der Waals surface area contributed by atoms with Crippen LogP contribution in [0.2, 0.25) is 36.3 Å². The fourth-order valence-corrected chi connectivity index (χ4v) is 3.85. The molecular formula is C17H38O4SSi2. The zero-order chi connectivity index (χ0) is 19.4. The molecule has 0 unspecified atom stereocenters. The average molecular weight is 395 g/mol. The lowest BCUT2D eigenvalue weighted by atomic mass is 10.2. The Morgan fingerprint density at radius 3 is 1.58 bits per heavy atom. The maximum atomic E-state index is 10.9. The summed E-state index contributed by atoms with van der Waals surface area (Å²) in [6.45, 7) is 23.2. The molecule has 0 aromatic carbocycles. The van der Waals surface area contributed by atoms with Gasteiger partial charge >= 0.3 is 0 Å². The fourth-order valence-electron chi connectivity index (χ4n) is 1.44. The normalized spacial score (nSPS) is 16.6. The predicted octanol–water partition coefficient (Wildman–Crippen LogP) is 4.87. The van der Waals surface area contributed by atoms with Gasteiger partial charge in [-0.15, -0.1) is 0 Å². The second-order valence-electron chi connectivity index (χ2n) is 9.48. The first-order valence-corrected chi connectivity index (χ1v) is 14.9. The van der Waals surface area contributed by atoms with E-state index in [1.807, 2.05) is 0 Å². The Bertz CT molecular complexity index is 400. The van der Waals surface area contributed by atoms with Crippen molar-refractivity contribution < 1.29 is 18.4 Å². The van der Waals surface area contributed by atoms with Gasteiger partial charge in [-0.3, -0.25) is 4.79 Å². The predicted molar refractivity (Wildman–Crippen MR) is 110 cm³/mol. The van der Waals surface area contributed by atoms with Crippen LogP contribution >= 0.6 is 12.6 Å². The molecule has 144 valence electrons. The van der Waals surface area contributed by atoms with E-state index < -0.39 is 22.7 Å². The van der Waals surface area contributed by atoms with Gasteiger partial charge in [-0.05, 0) is 36.3 Å². The van der Waals surface area contributed by atoms with Crippen LogP contribution < -0.4 is 0 Å². The van der Waals surface area contributed by atoms with Gasteiger partial charge in [0.05, 0.1) is 11.9 Å². The zero-order valence-corrected chi connectivity index (χ0v) is 20.1. The van der Waals surface area contributed by atoms with Gasteiger partial charge in [0.25, 0.3) is 6.47 Å². The van der Waals surface area contributed by atoms with Gasteiger partial charge in [0.2, 0.25) is 0 Å². The highest BCUT2D eigenvalue weighted by molar-refractivity contribution is 7.81. The minimum absolute atomic E-state index is 0.114. The van der Waals surface area contributed by atoms with E-state index in [-0.39, 0.29) is 15.3 Å². The smallest absolute Gasteiger partial charge is 0.293 e. The molecule has 0 radical (unpaired) electrons. The van der Waals surface area contributed by atoms with E-state index in [1.54, 1.807) is 0 Å². The van der Waals surface area contributed by atoms with E-state index in [4.69, 9.17) is 13.6 Å². The highest BCUT2D eigenvalue weighted by Gasteiger charge is 2.40. The van der Waals surface area contributed by atoms with Crippen molar-refractivity contribution in [3.63, 3.8) is 0 Å². The average Bonchev–Trinajstić information content (AvgIpc) is 2.38. The topological polar surface area (TPSA) is 44.8 Å². The van der Waals surface area contributed by atoms with Crippen molar-refractivity contribution in [2.24, 2.45) is 0 Å². The summed E-state index contributed by atoms with van der Waals surface area (Å²) in [6, 6.07) is 0. The molecular weight excluding hydrogens is 356 g/mol. The number of carbonyl (C=O) groups is 1. The summed E-state index contributed by atoms with van der Waals surface area (Å²) in [4.78, 5) is 10.9. The summed E-state index contributed by atoms with van der Waals surface area (Å²) in [5, 5.41) is 0.0517. The maximum absolute atomic E-state index is 10.9. The molecule has 0 N–H and O–H groups in total. The van der Waals surface area contributed by atoms with E-state index in [0.717, 1.165) is 0 Å². The second-order valence-corrected chi connectivity index (χ2v) is 19.8. The summed E-state index contributed by atoms with van der Waals surface area (Å²) >= 11 is 4.62. The molecule has 0 aromatic heterocycles. The van der Waals surface area contributed by atoms with Crippen LogP contribution in [-0.2, 0) is 18.4 Å². The largest absolute Gasteiger partial charge is 0.461 e. The lowest BCUT2D eigenvalue weighted by Crippen LogP contribution is -2.47. The molecule has 24 heavy (non-hydrogen) atoms. The summed E-state index contributed by atoms with van der Waals surface area (Å²) in [7, 11) is -3.74. The SMILES string of the molecule is CC(C)(C)[Si](C)(C)OC[C@@H](S)[C@@H](CO[Si](C)(C)C(C)(C)C)OC=O. The minimum atomic E-state index is -1.89. The van der Waals surface area contributed by atoms with Crippen LogP contribution in [0.3, 0.4) is 0 Å². The third-order valence-corrected chi connectivity index (χ3v) is 15.0. The van der Waals surface area contributed by atoms with Crippen LogP contribution in [0.15, 0.2) is 0 Å². The van der Waals surface area contributed by atoms with E-state index in [0.29, 0.717) is 19.7 Å². The Morgan fingerprint density at radius 2 is 1.25 bits per heavy atom. The molecule has 0 saturated carbocycles. The van der Waals surface area contributed by atoms with Crippen LogP contribution in [0.5, 0.6) is 0 Å². The van der Waals surface area contributed by atoms with Crippen LogP contribution in [-0.4, -0.2) is 47.7 Å². The Hall–Kier alpha value is 0.174. The molecule has 0 aliphatic heterocycles. The van der Waals surface area contributed by atoms with Gasteiger partial charge in [0.1, 0.15) is 6.10 Å². The van der Waals surface area contributed by atoms with E-state index in [1.165, 1.54) is 0 Å². The molecule has 0 amide bonds. The van der Waals surface area contributed by atoms with Crippen molar-refractivity contribution in [3.05, 3.63) is 0 Å². The van der Waals surface area contributed by atoms with Gasteiger partial charge in [0, 0.05) is 6.61 Å². The van der Waals surface area contributed by atoms with Crippen molar-refractivity contribution in [2.45, 2.75) is 89.2 Å². The molecule has 2 atom stereocenters. The second kappa shape index (κ2) is 8.71. The van der Waals surface area contributed by atoms with Crippen LogP contribution in [0.25, 0.3) is 0 Å². The van der Waals surface area contributed by atoms with Gasteiger partial charge in [0.15, 0.2) is 16.6 Å². The van der Waals surface area contributed by atoms with E-state index in [9.17, 15) is 4.79 Å². The third-order valence-electron chi connectivity index (χ3n) is 5.50. The first-order valence-electron chi connectivity index (χ1n) is 8.60. The van der Waals surface area contributed by atoms with Crippen LogP contribution in [0.1, 0.15) is 41.5 Å². The standard InChI is InChI=1S/C17H38O4SSi2/c1-16(2,3)23(7,8)20-11-14(19-13-18)15(22)12-21-24(9,10)17(4,5)6/h13-15,22H,11-12H2,1-10H3/t14-,15-/m1/s1. The maximum Gasteiger partial charge on any atom is 0.293 e. The molecule has 0 saturated heterocycles. The van der Waals surface area contributed by atoms with Crippen molar-refractivity contribution in [3.8, 4) is 0 Å². The highest BCUT2D eigenvalue weighted by atomic mass is 32.1. The number of hydrogen-bond acceptors (Lipinski definition) is 5. The Balaban J connectivity index is 4.80. The van der Waals surface area contributed by atoms with Gasteiger partial charge in [-0.25, -0.2) is 0 Å². The van der Waals surface area contributed by atoms with Crippen molar-refractivity contribution >= 4 is 35.7 Å². The summed E-state index contributed by atoms with van der Waals surface area (Å²) in [6.07, 6.45) is -0.398. The van der Waals surface area contributed by atoms with Gasteiger partial charge in [-0.2, -0.15) is 12.6 Å². The first kappa shape index (κ1) is 24.2. The lowest BCUT2D eigenvalue weighted by molar-refractivity contribution is -0.135. The monoisotopic (exact) mass is 394 g/mol. The Labute approximate surface area is 156 Å². The van der Waals surface area contributed by atoms with E-state index in [2.05, 4.69) is 80.4 Å². The molecule has 0 heterocycles. The van der Waals surface area contributed by atoms with Crippen molar-refractivity contribution in [2.75, 3.05) is 13.2 Å². The Kier molecular flexibility index (Phi) is 8.77. The number of ether oxygens (including phenoxy) is 1. The molecule has 0 aromatic rings.